The molecule has 0 bridgehead atoms. The molecule has 3 amide bonds. The van der Waals surface area contributed by atoms with E-state index in [0.717, 1.165) is 5.69 Å². The van der Waals surface area contributed by atoms with Crippen LogP contribution >= 0.6 is 0 Å². The molecule has 3 rings (SSSR count). The van der Waals surface area contributed by atoms with E-state index in [1.807, 2.05) is 58.0 Å². The van der Waals surface area contributed by atoms with Crippen LogP contribution in [0.5, 0.6) is 0 Å². The van der Waals surface area contributed by atoms with E-state index in [4.69, 9.17) is 9.47 Å². The first-order valence-electron chi connectivity index (χ1n) is 13.8. The lowest BCUT2D eigenvalue weighted by Gasteiger charge is -2.36. The van der Waals surface area contributed by atoms with Crippen LogP contribution in [-0.2, 0) is 9.47 Å². The van der Waals surface area contributed by atoms with E-state index in [2.05, 4.69) is 15.6 Å². The number of carbonyl (C=O) groups excluding carboxylic acids is 3. The normalized spacial score (nSPS) is 11.4. The Morgan fingerprint density at radius 2 is 1.55 bits per heavy atom. The molecule has 0 spiro atoms. The highest BCUT2D eigenvalue weighted by atomic mass is 16.6. The topological polar surface area (TPSA) is 113 Å². The number of pyridine rings is 1. The molecule has 0 aliphatic rings. The van der Waals surface area contributed by atoms with Crippen molar-refractivity contribution in [2.24, 2.45) is 0 Å². The molecular formula is C32H41N5O5. The van der Waals surface area contributed by atoms with Crippen LogP contribution in [0.2, 0.25) is 0 Å². The summed E-state index contributed by atoms with van der Waals surface area (Å²) >= 11 is 0. The average molecular weight is 576 g/mol. The van der Waals surface area contributed by atoms with Crippen LogP contribution in [0.3, 0.4) is 0 Å². The minimum Gasteiger partial charge on any atom is -0.449 e. The Hall–Kier alpha value is -4.60. The summed E-state index contributed by atoms with van der Waals surface area (Å²) < 4.78 is 10.8. The van der Waals surface area contributed by atoms with Crippen LogP contribution in [-0.4, -0.2) is 54.9 Å². The van der Waals surface area contributed by atoms with Gasteiger partial charge in [0, 0.05) is 36.6 Å². The molecule has 0 atom stereocenters. The van der Waals surface area contributed by atoms with Gasteiger partial charge in [0.15, 0.2) is 0 Å². The summed E-state index contributed by atoms with van der Waals surface area (Å²) in [4.78, 5) is 47.1. The van der Waals surface area contributed by atoms with Crippen LogP contribution in [0, 0.1) is 0 Å². The highest BCUT2D eigenvalue weighted by molar-refractivity contribution is 6.08. The Labute approximate surface area is 248 Å². The Morgan fingerprint density at radius 3 is 2.17 bits per heavy atom. The van der Waals surface area contributed by atoms with Crippen molar-refractivity contribution in [3.63, 3.8) is 0 Å². The number of carbonyl (C=O) groups is 3. The van der Waals surface area contributed by atoms with Crippen molar-refractivity contribution >= 4 is 41.0 Å². The van der Waals surface area contributed by atoms with Gasteiger partial charge in [-0.05, 0) is 90.9 Å². The summed E-state index contributed by atoms with van der Waals surface area (Å²) in [7, 11) is 3.75. The number of anilines is 4. The fourth-order valence-electron chi connectivity index (χ4n) is 4.25. The second-order valence-corrected chi connectivity index (χ2v) is 11.8. The van der Waals surface area contributed by atoms with E-state index in [1.165, 1.54) is 0 Å². The van der Waals surface area contributed by atoms with Crippen molar-refractivity contribution in [1.82, 2.24) is 4.98 Å². The van der Waals surface area contributed by atoms with Gasteiger partial charge in [-0.3, -0.25) is 15.0 Å². The van der Waals surface area contributed by atoms with Crippen molar-refractivity contribution < 1.29 is 23.9 Å². The third-order valence-electron chi connectivity index (χ3n) is 5.90. The largest absolute Gasteiger partial charge is 0.449 e. The van der Waals surface area contributed by atoms with Crippen LogP contribution in [0.25, 0.3) is 11.3 Å². The lowest BCUT2D eigenvalue weighted by atomic mass is 10.0. The summed E-state index contributed by atoms with van der Waals surface area (Å²) in [5.41, 5.74) is 1.97. The number of hydrogen-bond acceptors (Lipinski definition) is 7. The van der Waals surface area contributed by atoms with Gasteiger partial charge >= 0.3 is 12.2 Å². The van der Waals surface area contributed by atoms with Gasteiger partial charge in [-0.2, -0.15) is 0 Å². The number of nitrogens with zero attached hydrogens (tertiary/aromatic N) is 3. The van der Waals surface area contributed by atoms with E-state index in [0.29, 0.717) is 28.2 Å². The van der Waals surface area contributed by atoms with Crippen LogP contribution < -0.4 is 20.4 Å². The van der Waals surface area contributed by atoms with Gasteiger partial charge in [0.25, 0.3) is 5.91 Å². The molecule has 2 aromatic carbocycles. The van der Waals surface area contributed by atoms with E-state index in [-0.39, 0.29) is 18.3 Å². The van der Waals surface area contributed by atoms with Gasteiger partial charge in [0.2, 0.25) is 0 Å². The zero-order valence-corrected chi connectivity index (χ0v) is 25.9. The first-order valence-corrected chi connectivity index (χ1v) is 13.8. The summed E-state index contributed by atoms with van der Waals surface area (Å²) in [5.74, 6) is -0.0233. The molecule has 3 aromatic rings. The maximum absolute atomic E-state index is 13.3. The predicted molar refractivity (Wildman–Crippen MR) is 168 cm³/mol. The molecule has 42 heavy (non-hydrogen) atoms. The van der Waals surface area contributed by atoms with E-state index >= 15 is 0 Å². The lowest BCUT2D eigenvalue weighted by molar-refractivity contribution is 0.0635. The quantitative estimate of drug-likeness (QED) is 0.307. The molecule has 0 aliphatic carbocycles. The lowest BCUT2D eigenvalue weighted by Crippen LogP contribution is -2.46. The Balaban J connectivity index is 2.12. The maximum atomic E-state index is 13.3. The summed E-state index contributed by atoms with van der Waals surface area (Å²) in [6.07, 6.45) is -1.17. The minimum atomic E-state index is -0.681. The van der Waals surface area contributed by atoms with E-state index in [1.54, 1.807) is 75.1 Å². The molecule has 0 unspecified atom stereocenters. The standard InChI is InChI=1S/C32H41N5O5/c1-10-41-30(40)37(31(2,3)4)26-19-18-21(33-28(38)22-14-11-12-16-25(22)36(8)9)20-23(26)24-15-13-17-27(34-24)35-29(39)42-32(5,6)7/h11-20H,10H2,1-9H3,(H,33,38)(H,34,35,39). The van der Waals surface area contributed by atoms with E-state index < -0.39 is 23.3 Å². The van der Waals surface area contributed by atoms with E-state index in [9.17, 15) is 14.4 Å². The third-order valence-corrected chi connectivity index (χ3v) is 5.90. The van der Waals surface area contributed by atoms with Crippen molar-refractivity contribution in [2.45, 2.75) is 59.6 Å². The third kappa shape index (κ3) is 8.22. The van der Waals surface area contributed by atoms with Gasteiger partial charge in [0.05, 0.1) is 23.6 Å². The van der Waals surface area contributed by atoms with Crippen molar-refractivity contribution in [1.29, 1.82) is 0 Å². The van der Waals surface area contributed by atoms with Crippen molar-refractivity contribution in [3.8, 4) is 11.3 Å². The number of para-hydroxylation sites is 1. The molecule has 2 N–H and O–H groups in total. The monoisotopic (exact) mass is 575 g/mol. The molecule has 10 nitrogen and oxygen atoms in total. The van der Waals surface area contributed by atoms with Gasteiger partial charge < -0.3 is 19.7 Å². The maximum Gasteiger partial charge on any atom is 0.414 e. The number of amides is 3. The summed E-state index contributed by atoms with van der Waals surface area (Å²) in [5, 5.41) is 5.64. The average Bonchev–Trinajstić information content (AvgIpc) is 2.88. The number of aromatic nitrogens is 1. The number of hydrogen-bond donors (Lipinski definition) is 2. The Bertz CT molecular complexity index is 1440. The molecule has 1 aromatic heterocycles. The zero-order valence-electron chi connectivity index (χ0n) is 25.9. The van der Waals surface area contributed by atoms with Crippen molar-refractivity contribution in [2.75, 3.05) is 41.1 Å². The Morgan fingerprint density at radius 1 is 0.857 bits per heavy atom. The smallest absolute Gasteiger partial charge is 0.414 e. The minimum absolute atomic E-state index is 0.202. The van der Waals surface area contributed by atoms with Crippen molar-refractivity contribution in [3.05, 3.63) is 66.2 Å². The van der Waals surface area contributed by atoms with Gasteiger partial charge in [-0.1, -0.05) is 18.2 Å². The molecule has 10 heteroatoms. The molecule has 0 fully saturated rings. The molecule has 0 radical (unpaired) electrons. The number of rotatable bonds is 7. The number of ether oxygens (including phenoxy) is 2. The molecular weight excluding hydrogens is 534 g/mol. The second-order valence-electron chi connectivity index (χ2n) is 11.8. The first-order chi connectivity index (χ1) is 19.6. The van der Waals surface area contributed by atoms with Crippen LogP contribution in [0.1, 0.15) is 58.8 Å². The molecule has 0 aliphatic heterocycles. The molecule has 0 saturated heterocycles. The highest BCUT2D eigenvalue weighted by Gasteiger charge is 2.32. The van der Waals surface area contributed by atoms with Gasteiger partial charge in [-0.25, -0.2) is 14.6 Å². The van der Waals surface area contributed by atoms with Gasteiger partial charge in [0.1, 0.15) is 11.4 Å². The molecule has 1 heterocycles. The van der Waals surface area contributed by atoms with Gasteiger partial charge in [-0.15, -0.1) is 0 Å². The number of benzene rings is 2. The number of nitrogens with one attached hydrogen (secondary N) is 2. The zero-order chi connectivity index (χ0) is 31.2. The molecule has 224 valence electrons. The fourth-order valence-corrected chi connectivity index (χ4v) is 4.25. The first kappa shape index (κ1) is 31.9. The summed E-state index contributed by atoms with van der Waals surface area (Å²) in [6.45, 7) is 13.0. The highest BCUT2D eigenvalue weighted by Crippen LogP contribution is 2.37. The molecule has 0 saturated carbocycles. The Kier molecular flexibility index (Phi) is 9.83. The SMILES string of the molecule is CCOC(=O)N(c1ccc(NC(=O)c2ccccc2N(C)C)cc1-c1cccc(NC(=O)OC(C)(C)C)n1)C(C)(C)C. The predicted octanol–water partition coefficient (Wildman–Crippen LogP) is 7.18. The fraction of sp³-hybridized carbons (Fsp3) is 0.375. The van der Waals surface area contributed by atoms with Crippen LogP contribution in [0.15, 0.2) is 60.7 Å². The summed E-state index contributed by atoms with van der Waals surface area (Å²) in [6, 6.07) is 17.7. The second kappa shape index (κ2) is 12.9. The van der Waals surface area contributed by atoms with Crippen LogP contribution in [0.4, 0.5) is 32.5 Å².